The molecule has 0 aliphatic heterocycles. The van der Waals surface area contributed by atoms with Gasteiger partial charge in [-0.05, 0) is 12.5 Å². The van der Waals surface area contributed by atoms with Crippen LogP contribution in [0.15, 0.2) is 12.3 Å². The van der Waals surface area contributed by atoms with Gasteiger partial charge in [-0.25, -0.2) is 4.98 Å². The zero-order valence-electron chi connectivity index (χ0n) is 10.5. The third-order valence-electron chi connectivity index (χ3n) is 2.72. The molecule has 0 saturated heterocycles. The number of H-pyrrole nitrogens is 2. The van der Waals surface area contributed by atoms with Crippen LogP contribution in [-0.2, 0) is 19.5 Å². The topological polar surface area (TPSA) is 69.4 Å². The maximum absolute atomic E-state index is 6.08. The van der Waals surface area contributed by atoms with Crippen molar-refractivity contribution in [1.29, 1.82) is 0 Å². The molecule has 0 aromatic carbocycles. The summed E-state index contributed by atoms with van der Waals surface area (Å²) in [5.41, 5.74) is 2.00. The molecule has 2 aromatic heterocycles. The number of nitrogens with zero attached hydrogens (tertiary/aromatic N) is 2. The average Bonchev–Trinajstić information content (AvgIpc) is 2.98. The summed E-state index contributed by atoms with van der Waals surface area (Å²) < 4.78 is 0. The van der Waals surface area contributed by atoms with Crippen molar-refractivity contribution in [3.8, 4) is 0 Å². The molecule has 0 fully saturated rings. The average molecular weight is 268 g/mol. The van der Waals surface area contributed by atoms with E-state index in [2.05, 4.69) is 32.4 Å². The normalized spacial score (nSPS) is 11.0. The number of imidazole rings is 1. The van der Waals surface area contributed by atoms with E-state index in [1.54, 1.807) is 6.20 Å². The molecule has 2 aromatic rings. The molecule has 0 spiro atoms. The minimum absolute atomic E-state index is 0.568. The Kier molecular flexibility index (Phi) is 4.78. The van der Waals surface area contributed by atoms with E-state index in [4.69, 9.17) is 11.6 Å². The van der Waals surface area contributed by atoms with Crippen molar-refractivity contribution in [3.63, 3.8) is 0 Å². The fourth-order valence-corrected chi connectivity index (χ4v) is 1.94. The lowest BCUT2D eigenvalue weighted by Crippen LogP contribution is -2.13. The Morgan fingerprint density at radius 3 is 3.00 bits per heavy atom. The van der Waals surface area contributed by atoms with E-state index in [-0.39, 0.29) is 0 Å². The number of nitrogens with one attached hydrogen (secondary N) is 3. The Hall–Kier alpha value is -1.33. The van der Waals surface area contributed by atoms with Crippen molar-refractivity contribution < 1.29 is 0 Å². The van der Waals surface area contributed by atoms with Crippen molar-refractivity contribution in [3.05, 3.63) is 34.6 Å². The summed E-state index contributed by atoms with van der Waals surface area (Å²) in [6, 6.07) is 1.94. The molecule has 3 N–H and O–H groups in total. The lowest BCUT2D eigenvalue weighted by Gasteiger charge is -2.01. The zero-order valence-corrected chi connectivity index (χ0v) is 11.2. The van der Waals surface area contributed by atoms with Gasteiger partial charge in [-0.1, -0.05) is 24.9 Å². The first-order valence-electron chi connectivity index (χ1n) is 6.21. The summed E-state index contributed by atoms with van der Waals surface area (Å²) in [4.78, 5) is 7.58. The van der Waals surface area contributed by atoms with Crippen molar-refractivity contribution >= 4 is 11.6 Å². The molecular formula is C12H18ClN5. The van der Waals surface area contributed by atoms with Crippen LogP contribution in [0.3, 0.4) is 0 Å². The van der Waals surface area contributed by atoms with Crippen molar-refractivity contribution in [2.45, 2.75) is 39.3 Å². The molecule has 0 saturated carbocycles. The standard InChI is InChI=1S/C12H18ClN5/c1-2-3-4-11-16-10(12(13)17-11)8-14-7-9-5-6-15-18-9/h5-6,14H,2-4,7-8H2,1H3,(H,15,18)(H,16,17). The maximum Gasteiger partial charge on any atom is 0.151 e. The van der Waals surface area contributed by atoms with Gasteiger partial charge in [0.05, 0.1) is 5.69 Å². The Bertz CT molecular complexity index is 463. The molecule has 0 atom stereocenters. The Balaban J connectivity index is 1.83. The minimum atomic E-state index is 0.568. The van der Waals surface area contributed by atoms with Crippen LogP contribution in [-0.4, -0.2) is 20.2 Å². The summed E-state index contributed by atoms with van der Waals surface area (Å²) >= 11 is 6.08. The third-order valence-corrected chi connectivity index (χ3v) is 3.03. The number of rotatable bonds is 7. The predicted octanol–water partition coefficient (Wildman–Crippen LogP) is 2.42. The largest absolute Gasteiger partial charge is 0.344 e. The smallest absolute Gasteiger partial charge is 0.151 e. The van der Waals surface area contributed by atoms with Gasteiger partial charge in [-0.2, -0.15) is 5.10 Å². The first kappa shape index (κ1) is 13.1. The quantitative estimate of drug-likeness (QED) is 0.722. The second-order valence-electron chi connectivity index (χ2n) is 4.24. The van der Waals surface area contributed by atoms with Gasteiger partial charge in [0, 0.05) is 31.4 Å². The molecule has 18 heavy (non-hydrogen) atoms. The van der Waals surface area contributed by atoms with Crippen molar-refractivity contribution in [2.75, 3.05) is 0 Å². The number of hydrogen-bond acceptors (Lipinski definition) is 3. The fourth-order valence-electron chi connectivity index (χ4n) is 1.72. The van der Waals surface area contributed by atoms with Gasteiger partial charge in [-0.15, -0.1) is 0 Å². The summed E-state index contributed by atoms with van der Waals surface area (Å²) in [6.45, 7) is 3.58. The molecule has 0 aliphatic rings. The van der Waals surface area contributed by atoms with Gasteiger partial charge in [-0.3, -0.25) is 5.10 Å². The number of aryl methyl sites for hydroxylation is 1. The molecular weight excluding hydrogens is 250 g/mol. The van der Waals surface area contributed by atoms with E-state index in [0.29, 0.717) is 11.7 Å². The highest BCUT2D eigenvalue weighted by Crippen LogP contribution is 2.14. The van der Waals surface area contributed by atoms with E-state index in [0.717, 1.165) is 43.0 Å². The zero-order chi connectivity index (χ0) is 12.8. The van der Waals surface area contributed by atoms with Gasteiger partial charge in [0.15, 0.2) is 5.15 Å². The minimum Gasteiger partial charge on any atom is -0.344 e. The molecule has 0 amide bonds. The summed E-state index contributed by atoms with van der Waals surface area (Å²) in [7, 11) is 0. The summed E-state index contributed by atoms with van der Waals surface area (Å²) in [6.07, 6.45) is 4.98. The van der Waals surface area contributed by atoms with Crippen LogP contribution in [0.5, 0.6) is 0 Å². The second kappa shape index (κ2) is 6.56. The number of aromatic nitrogens is 4. The van der Waals surface area contributed by atoms with E-state index in [9.17, 15) is 0 Å². The van der Waals surface area contributed by atoms with Gasteiger partial charge < -0.3 is 10.3 Å². The molecule has 0 radical (unpaired) electrons. The molecule has 2 rings (SSSR count). The molecule has 0 unspecified atom stereocenters. The maximum atomic E-state index is 6.08. The van der Waals surface area contributed by atoms with Crippen LogP contribution in [0.4, 0.5) is 0 Å². The first-order chi connectivity index (χ1) is 8.79. The number of unbranched alkanes of at least 4 members (excludes halogenated alkanes) is 1. The molecule has 5 nitrogen and oxygen atoms in total. The Morgan fingerprint density at radius 1 is 1.39 bits per heavy atom. The van der Waals surface area contributed by atoms with Crippen LogP contribution in [0.1, 0.15) is 37.0 Å². The Labute approximate surface area is 111 Å². The van der Waals surface area contributed by atoms with Gasteiger partial charge in [0.2, 0.25) is 0 Å². The lowest BCUT2D eigenvalue weighted by molar-refractivity contribution is 0.665. The summed E-state index contributed by atoms with van der Waals surface area (Å²) in [5, 5.41) is 10.6. The Morgan fingerprint density at radius 2 is 2.28 bits per heavy atom. The van der Waals surface area contributed by atoms with Crippen LogP contribution in [0, 0.1) is 0 Å². The highest BCUT2D eigenvalue weighted by atomic mass is 35.5. The number of halogens is 1. The first-order valence-corrected chi connectivity index (χ1v) is 6.59. The molecule has 6 heteroatoms. The SMILES string of the molecule is CCCCc1nc(Cl)c(CNCc2ccn[nH]2)[nH]1. The highest BCUT2D eigenvalue weighted by Gasteiger charge is 2.07. The van der Waals surface area contributed by atoms with Crippen LogP contribution in [0.25, 0.3) is 0 Å². The number of aromatic amines is 2. The summed E-state index contributed by atoms with van der Waals surface area (Å²) in [5.74, 6) is 0.972. The van der Waals surface area contributed by atoms with Gasteiger partial charge >= 0.3 is 0 Å². The van der Waals surface area contributed by atoms with Crippen molar-refractivity contribution in [2.24, 2.45) is 0 Å². The van der Waals surface area contributed by atoms with Gasteiger partial charge in [0.25, 0.3) is 0 Å². The van der Waals surface area contributed by atoms with Crippen LogP contribution in [0.2, 0.25) is 5.15 Å². The van der Waals surface area contributed by atoms with E-state index in [1.165, 1.54) is 0 Å². The molecule has 0 bridgehead atoms. The molecule has 98 valence electrons. The second-order valence-corrected chi connectivity index (χ2v) is 4.60. The van der Waals surface area contributed by atoms with Crippen LogP contribution < -0.4 is 5.32 Å². The molecule has 0 aliphatic carbocycles. The lowest BCUT2D eigenvalue weighted by atomic mass is 10.2. The van der Waals surface area contributed by atoms with E-state index < -0.39 is 0 Å². The van der Waals surface area contributed by atoms with Crippen molar-refractivity contribution in [1.82, 2.24) is 25.5 Å². The van der Waals surface area contributed by atoms with Gasteiger partial charge in [0.1, 0.15) is 5.82 Å². The van der Waals surface area contributed by atoms with Crippen LogP contribution >= 0.6 is 11.6 Å². The predicted molar refractivity (Wildman–Crippen MR) is 71.3 cm³/mol. The van der Waals surface area contributed by atoms with E-state index >= 15 is 0 Å². The molecule has 2 heterocycles. The third kappa shape index (κ3) is 3.58. The number of hydrogen-bond donors (Lipinski definition) is 3. The monoisotopic (exact) mass is 267 g/mol. The highest BCUT2D eigenvalue weighted by molar-refractivity contribution is 6.30. The fraction of sp³-hybridized carbons (Fsp3) is 0.500. The van der Waals surface area contributed by atoms with E-state index in [1.807, 2.05) is 6.07 Å².